The van der Waals surface area contributed by atoms with E-state index in [4.69, 9.17) is 0 Å². The first-order chi connectivity index (χ1) is 18.8. The third-order valence-electron chi connectivity index (χ3n) is 10.1. The Hall–Kier alpha value is -1.97. The predicted octanol–water partition coefficient (Wildman–Crippen LogP) is 8.20. The third-order valence-corrected chi connectivity index (χ3v) is 10.1. The van der Waals surface area contributed by atoms with Crippen LogP contribution < -0.4 is 0 Å². The van der Waals surface area contributed by atoms with Gasteiger partial charge in [0.15, 0.2) is 5.78 Å². The number of rotatable bonds is 8. The Morgan fingerprint density at radius 1 is 0.553 bits per heavy atom. The maximum Gasteiger partial charge on any atom is 0.193 e. The molecule has 0 amide bonds. The first-order valence-corrected chi connectivity index (χ1v) is 16.0. The van der Waals surface area contributed by atoms with E-state index >= 15 is 0 Å². The van der Waals surface area contributed by atoms with Gasteiger partial charge < -0.3 is 0 Å². The van der Waals surface area contributed by atoms with Gasteiger partial charge in [0.05, 0.1) is 0 Å². The summed E-state index contributed by atoms with van der Waals surface area (Å²) in [6, 6.07) is 13.4. The molecule has 0 atom stereocenters. The molecule has 2 aliphatic carbocycles. The standard InChI is InChI=1S/C35H48N2O/c38-35(31-19-11-17-29(25-36-21-7-8-22-36)33(31)27-13-3-1-4-14-27)32-20-12-18-30(26-37-23-9-10-24-37)34(32)28-15-5-2-6-16-28/h11-12,17-20,27-28H,1-10,13-16,21-26H2. The number of likely N-dealkylation sites (tertiary alicyclic amines) is 2. The highest BCUT2D eigenvalue weighted by atomic mass is 16.1. The average molecular weight is 513 g/mol. The van der Waals surface area contributed by atoms with E-state index in [-0.39, 0.29) is 0 Å². The lowest BCUT2D eigenvalue weighted by atomic mass is 9.76. The van der Waals surface area contributed by atoms with Crippen LogP contribution in [0, 0.1) is 0 Å². The van der Waals surface area contributed by atoms with Crippen LogP contribution in [0.5, 0.6) is 0 Å². The lowest BCUT2D eigenvalue weighted by Crippen LogP contribution is -2.23. The number of nitrogens with zero attached hydrogens (tertiary/aromatic N) is 2. The molecule has 2 aromatic rings. The van der Waals surface area contributed by atoms with Crippen LogP contribution >= 0.6 is 0 Å². The van der Waals surface area contributed by atoms with Gasteiger partial charge in [-0.2, -0.15) is 0 Å². The number of hydrogen-bond donors (Lipinski definition) is 0. The van der Waals surface area contributed by atoms with Gasteiger partial charge >= 0.3 is 0 Å². The molecular formula is C35H48N2O. The van der Waals surface area contributed by atoms with E-state index in [0.29, 0.717) is 17.6 Å². The Kier molecular flexibility index (Phi) is 8.62. The van der Waals surface area contributed by atoms with Crippen molar-refractivity contribution in [3.63, 3.8) is 0 Å². The topological polar surface area (TPSA) is 23.6 Å². The van der Waals surface area contributed by atoms with Crippen molar-refractivity contribution in [2.45, 2.75) is 115 Å². The number of carbonyl (C=O) groups excluding carboxylic acids is 1. The van der Waals surface area contributed by atoms with Gasteiger partial charge in [0.1, 0.15) is 0 Å². The zero-order chi connectivity index (χ0) is 25.7. The summed E-state index contributed by atoms with van der Waals surface area (Å²) in [5, 5.41) is 0. The quantitative estimate of drug-likeness (QED) is 0.333. The van der Waals surface area contributed by atoms with Gasteiger partial charge in [-0.1, -0.05) is 74.9 Å². The van der Waals surface area contributed by atoms with Gasteiger partial charge in [-0.15, -0.1) is 0 Å². The Bertz CT molecular complexity index is 998. The third kappa shape index (κ3) is 5.80. The molecule has 0 aromatic heterocycles. The molecule has 38 heavy (non-hydrogen) atoms. The van der Waals surface area contributed by atoms with Crippen LogP contribution in [0.15, 0.2) is 36.4 Å². The van der Waals surface area contributed by atoms with Crippen molar-refractivity contribution < 1.29 is 4.79 Å². The second kappa shape index (κ2) is 12.5. The van der Waals surface area contributed by atoms with Gasteiger partial charge in [-0.25, -0.2) is 0 Å². The molecule has 0 spiro atoms. The Morgan fingerprint density at radius 3 is 1.34 bits per heavy atom. The number of ketones is 1. The molecule has 2 aromatic carbocycles. The fourth-order valence-corrected chi connectivity index (χ4v) is 8.15. The van der Waals surface area contributed by atoms with E-state index in [1.54, 1.807) is 0 Å². The summed E-state index contributed by atoms with van der Waals surface area (Å²) in [5.74, 6) is 1.37. The fraction of sp³-hybridized carbons (Fsp3) is 0.629. The molecule has 4 fully saturated rings. The smallest absolute Gasteiger partial charge is 0.193 e. The summed E-state index contributed by atoms with van der Waals surface area (Å²) >= 11 is 0. The summed E-state index contributed by atoms with van der Waals surface area (Å²) in [6.07, 6.45) is 18.1. The Balaban J connectivity index is 1.40. The zero-order valence-electron chi connectivity index (χ0n) is 23.6. The molecule has 0 bridgehead atoms. The lowest BCUT2D eigenvalue weighted by Gasteiger charge is -2.30. The molecular weight excluding hydrogens is 464 g/mol. The summed E-state index contributed by atoms with van der Waals surface area (Å²) in [7, 11) is 0. The van der Waals surface area contributed by atoms with Crippen molar-refractivity contribution >= 4 is 5.78 Å². The predicted molar refractivity (Wildman–Crippen MR) is 157 cm³/mol. The molecule has 2 heterocycles. The van der Waals surface area contributed by atoms with Gasteiger partial charge in [0.25, 0.3) is 0 Å². The van der Waals surface area contributed by atoms with Crippen LogP contribution in [0.25, 0.3) is 0 Å². The molecule has 4 aliphatic rings. The molecule has 0 unspecified atom stereocenters. The minimum Gasteiger partial charge on any atom is -0.299 e. The van der Waals surface area contributed by atoms with Crippen molar-refractivity contribution in [1.82, 2.24) is 9.80 Å². The van der Waals surface area contributed by atoms with Gasteiger partial charge in [0.2, 0.25) is 0 Å². The number of hydrogen-bond acceptors (Lipinski definition) is 3. The average Bonchev–Trinajstić information content (AvgIpc) is 3.68. The normalized spacial score (nSPS) is 22.3. The van der Waals surface area contributed by atoms with Crippen LogP contribution in [0.4, 0.5) is 0 Å². The van der Waals surface area contributed by atoms with Gasteiger partial charge in [-0.3, -0.25) is 14.6 Å². The van der Waals surface area contributed by atoms with E-state index in [0.717, 1.165) is 24.2 Å². The van der Waals surface area contributed by atoms with Crippen molar-refractivity contribution in [3.05, 3.63) is 69.8 Å². The van der Waals surface area contributed by atoms with Crippen molar-refractivity contribution in [2.24, 2.45) is 0 Å². The molecule has 204 valence electrons. The van der Waals surface area contributed by atoms with Crippen LogP contribution in [0.3, 0.4) is 0 Å². The highest BCUT2D eigenvalue weighted by molar-refractivity contribution is 6.11. The molecule has 0 N–H and O–H groups in total. The van der Waals surface area contributed by atoms with Crippen molar-refractivity contribution in [1.29, 1.82) is 0 Å². The number of carbonyl (C=O) groups is 1. The highest BCUT2D eigenvalue weighted by Crippen LogP contribution is 2.41. The fourth-order valence-electron chi connectivity index (χ4n) is 8.15. The maximum atomic E-state index is 14.7. The summed E-state index contributed by atoms with van der Waals surface area (Å²) in [6.45, 7) is 6.83. The first kappa shape index (κ1) is 26.3. The van der Waals surface area contributed by atoms with E-state index in [1.165, 1.54) is 138 Å². The van der Waals surface area contributed by atoms with Crippen LogP contribution in [-0.2, 0) is 13.1 Å². The lowest BCUT2D eigenvalue weighted by molar-refractivity contribution is 0.103. The SMILES string of the molecule is O=C(c1cccc(CN2CCCC2)c1C1CCCCC1)c1cccc(CN2CCCC2)c1C1CCCCC1. The second-order valence-electron chi connectivity index (χ2n) is 12.7. The van der Waals surface area contributed by atoms with E-state index in [9.17, 15) is 4.79 Å². The van der Waals surface area contributed by atoms with Crippen molar-refractivity contribution in [2.75, 3.05) is 26.2 Å². The minimum absolute atomic E-state index is 0.303. The van der Waals surface area contributed by atoms with Gasteiger partial charge in [-0.05, 0) is 112 Å². The molecule has 3 heteroatoms. The van der Waals surface area contributed by atoms with E-state index < -0.39 is 0 Å². The zero-order valence-corrected chi connectivity index (χ0v) is 23.6. The van der Waals surface area contributed by atoms with E-state index in [1.807, 2.05) is 0 Å². The van der Waals surface area contributed by atoms with Crippen LogP contribution in [-0.4, -0.2) is 41.8 Å². The maximum absolute atomic E-state index is 14.7. The molecule has 2 saturated carbocycles. The number of benzene rings is 2. The second-order valence-corrected chi connectivity index (χ2v) is 12.7. The van der Waals surface area contributed by atoms with Crippen LogP contribution in [0.1, 0.15) is 140 Å². The molecule has 2 aliphatic heterocycles. The highest BCUT2D eigenvalue weighted by Gasteiger charge is 2.30. The largest absolute Gasteiger partial charge is 0.299 e. The molecule has 2 saturated heterocycles. The molecule has 3 nitrogen and oxygen atoms in total. The molecule has 6 rings (SSSR count). The molecule has 0 radical (unpaired) electrons. The monoisotopic (exact) mass is 512 g/mol. The summed E-state index contributed by atoms with van der Waals surface area (Å²) < 4.78 is 0. The Morgan fingerprint density at radius 2 is 0.947 bits per heavy atom. The first-order valence-electron chi connectivity index (χ1n) is 16.0. The van der Waals surface area contributed by atoms with Crippen molar-refractivity contribution in [3.8, 4) is 0 Å². The van der Waals surface area contributed by atoms with Gasteiger partial charge in [0, 0.05) is 24.2 Å². The van der Waals surface area contributed by atoms with Crippen LogP contribution in [0.2, 0.25) is 0 Å². The Labute approximate surface area is 231 Å². The van der Waals surface area contributed by atoms with E-state index in [2.05, 4.69) is 46.2 Å². The summed E-state index contributed by atoms with van der Waals surface area (Å²) in [5.41, 5.74) is 7.70. The summed E-state index contributed by atoms with van der Waals surface area (Å²) in [4.78, 5) is 19.9. The minimum atomic E-state index is 0.303.